The third-order valence-corrected chi connectivity index (χ3v) is 13.8. The molecule has 0 amide bonds. The summed E-state index contributed by atoms with van der Waals surface area (Å²) in [6.45, 7) is 9.35. The molecule has 1 aromatic heterocycles. The molecule has 0 saturated heterocycles. The van der Waals surface area contributed by atoms with Crippen LogP contribution in [0.2, 0.25) is 0 Å². The summed E-state index contributed by atoms with van der Waals surface area (Å²) in [5.41, 5.74) is 16.9. The van der Waals surface area contributed by atoms with Gasteiger partial charge in [-0.3, -0.25) is 0 Å². The van der Waals surface area contributed by atoms with Crippen molar-refractivity contribution in [2.75, 3.05) is 0 Å². The summed E-state index contributed by atoms with van der Waals surface area (Å²) in [5, 5.41) is 7.60. The fraction of sp³-hybridized carbons (Fsp3) is 0.0968. The molecule has 10 aromatic rings. The highest BCUT2D eigenvalue weighted by Crippen LogP contribution is 2.52. The highest BCUT2D eigenvalue weighted by atomic mass is 15.0. The first kappa shape index (κ1) is 38.4. The standard InChI is InChI=1S/C62H49N/c1-41-20-11-13-28-50(41)59-42(2)34-35-48(38-43(3)44-21-7-5-8-22-44)62(4,47-25-9-6-10-26-47)61-55(59)36-37-58-60(61)54-32-17-18-33-57(54)63(58)49-27-19-24-45(39-49)56-40-46-23-12-14-29-51(46)52-30-15-16-31-53(52)56/h5-40,43H,1-4H3/b35-34?,48-38+,59-42?. The predicted molar refractivity (Wildman–Crippen MR) is 269 cm³/mol. The summed E-state index contributed by atoms with van der Waals surface area (Å²) in [6.07, 6.45) is 7.30. The molecule has 1 heterocycles. The summed E-state index contributed by atoms with van der Waals surface area (Å²) in [4.78, 5) is 0. The number of fused-ring (bicyclic) bond motifs is 8. The lowest BCUT2D eigenvalue weighted by Gasteiger charge is -2.38. The van der Waals surface area contributed by atoms with E-state index in [1.54, 1.807) is 0 Å². The van der Waals surface area contributed by atoms with Crippen LogP contribution in [0, 0.1) is 6.92 Å². The third-order valence-electron chi connectivity index (χ3n) is 13.8. The Morgan fingerprint density at radius 1 is 0.508 bits per heavy atom. The van der Waals surface area contributed by atoms with Gasteiger partial charge in [0.2, 0.25) is 0 Å². The number of para-hydroxylation sites is 1. The van der Waals surface area contributed by atoms with Gasteiger partial charge in [0.05, 0.1) is 11.0 Å². The van der Waals surface area contributed by atoms with Crippen LogP contribution in [0.1, 0.15) is 60.1 Å². The van der Waals surface area contributed by atoms with E-state index in [2.05, 4.69) is 251 Å². The molecule has 0 radical (unpaired) electrons. The van der Waals surface area contributed by atoms with Crippen LogP contribution in [-0.4, -0.2) is 4.57 Å². The molecule has 0 spiro atoms. The van der Waals surface area contributed by atoms with Gasteiger partial charge in [0.15, 0.2) is 0 Å². The monoisotopic (exact) mass is 807 g/mol. The van der Waals surface area contributed by atoms with E-state index in [4.69, 9.17) is 0 Å². The topological polar surface area (TPSA) is 4.93 Å². The summed E-state index contributed by atoms with van der Waals surface area (Å²) >= 11 is 0. The second kappa shape index (κ2) is 15.5. The fourth-order valence-electron chi connectivity index (χ4n) is 10.6. The highest BCUT2D eigenvalue weighted by molar-refractivity contribution is 6.15. The molecule has 11 rings (SSSR count). The Labute approximate surface area is 370 Å². The average Bonchev–Trinajstić information content (AvgIpc) is 3.67. The molecule has 0 N–H and O–H groups in total. The zero-order valence-electron chi connectivity index (χ0n) is 36.3. The van der Waals surface area contributed by atoms with Gasteiger partial charge in [-0.1, -0.05) is 195 Å². The van der Waals surface area contributed by atoms with Gasteiger partial charge in [0.25, 0.3) is 0 Å². The van der Waals surface area contributed by atoms with Gasteiger partial charge in [0.1, 0.15) is 0 Å². The van der Waals surface area contributed by atoms with Crippen molar-refractivity contribution in [3.05, 3.63) is 263 Å². The Kier molecular flexibility index (Phi) is 9.43. The van der Waals surface area contributed by atoms with Crippen LogP contribution in [0.5, 0.6) is 0 Å². The summed E-state index contributed by atoms with van der Waals surface area (Å²) in [6, 6.07) is 74.1. The maximum absolute atomic E-state index is 2.52. The van der Waals surface area contributed by atoms with E-state index in [-0.39, 0.29) is 5.92 Å². The minimum Gasteiger partial charge on any atom is -0.309 e. The SMILES string of the molecule is CC1=C(c2ccccc2C)c2ccc3c(c2C(C)(c2ccccc2)/C(=C/C(C)c2ccccc2)C=C1)c1ccccc1n3-c1cccc(-c2cc3ccccc3c3ccccc23)c1. The van der Waals surface area contributed by atoms with Crippen LogP contribution in [0.25, 0.3) is 65.7 Å². The molecule has 0 bridgehead atoms. The second-order valence-electron chi connectivity index (χ2n) is 17.5. The van der Waals surface area contributed by atoms with Crippen LogP contribution in [0.15, 0.2) is 230 Å². The molecule has 63 heavy (non-hydrogen) atoms. The molecule has 0 aliphatic heterocycles. The molecule has 2 unspecified atom stereocenters. The molecule has 1 aliphatic carbocycles. The van der Waals surface area contributed by atoms with Gasteiger partial charge in [-0.25, -0.2) is 0 Å². The minimum atomic E-state index is -0.551. The average molecular weight is 808 g/mol. The first-order chi connectivity index (χ1) is 30.9. The predicted octanol–water partition coefficient (Wildman–Crippen LogP) is 16.5. The molecule has 1 heteroatoms. The number of benzene rings is 9. The van der Waals surface area contributed by atoms with Crippen molar-refractivity contribution in [2.45, 2.75) is 39.0 Å². The van der Waals surface area contributed by atoms with Crippen LogP contribution < -0.4 is 0 Å². The first-order valence-electron chi connectivity index (χ1n) is 22.3. The zero-order valence-corrected chi connectivity index (χ0v) is 36.3. The Bertz CT molecular complexity index is 3490. The lowest BCUT2D eigenvalue weighted by atomic mass is 9.64. The Hall–Kier alpha value is -7.48. The van der Waals surface area contributed by atoms with Gasteiger partial charge in [-0.2, -0.15) is 0 Å². The number of allylic oxidation sites excluding steroid dienone is 5. The van der Waals surface area contributed by atoms with Gasteiger partial charge in [0, 0.05) is 21.9 Å². The van der Waals surface area contributed by atoms with E-state index in [0.29, 0.717) is 0 Å². The van der Waals surface area contributed by atoms with Crippen molar-refractivity contribution in [3.63, 3.8) is 0 Å². The van der Waals surface area contributed by atoms with Crippen molar-refractivity contribution in [1.29, 1.82) is 0 Å². The molecule has 0 saturated carbocycles. The number of hydrogen-bond donors (Lipinski definition) is 0. The van der Waals surface area contributed by atoms with Crippen molar-refractivity contribution >= 4 is 48.9 Å². The molecule has 302 valence electrons. The van der Waals surface area contributed by atoms with Crippen molar-refractivity contribution < 1.29 is 0 Å². The third kappa shape index (κ3) is 6.30. The second-order valence-corrected chi connectivity index (χ2v) is 17.5. The van der Waals surface area contributed by atoms with Crippen LogP contribution in [-0.2, 0) is 5.41 Å². The molecule has 1 aliphatic rings. The lowest BCUT2D eigenvalue weighted by Crippen LogP contribution is -2.29. The van der Waals surface area contributed by atoms with E-state index < -0.39 is 5.41 Å². The smallest absolute Gasteiger partial charge is 0.0544 e. The van der Waals surface area contributed by atoms with E-state index in [0.717, 1.165) is 5.69 Å². The maximum atomic E-state index is 2.52. The molecule has 9 aromatic carbocycles. The van der Waals surface area contributed by atoms with E-state index in [9.17, 15) is 0 Å². The number of hydrogen-bond acceptors (Lipinski definition) is 0. The van der Waals surface area contributed by atoms with E-state index >= 15 is 0 Å². The largest absolute Gasteiger partial charge is 0.309 e. The molecular weight excluding hydrogens is 759 g/mol. The van der Waals surface area contributed by atoms with Crippen LogP contribution in [0.3, 0.4) is 0 Å². The molecule has 2 atom stereocenters. The quantitative estimate of drug-likeness (QED) is 0.148. The summed E-state index contributed by atoms with van der Waals surface area (Å²) in [7, 11) is 0. The first-order valence-corrected chi connectivity index (χ1v) is 22.3. The Morgan fingerprint density at radius 3 is 1.97 bits per heavy atom. The zero-order chi connectivity index (χ0) is 42.7. The van der Waals surface area contributed by atoms with Crippen molar-refractivity contribution in [3.8, 4) is 16.8 Å². The highest BCUT2D eigenvalue weighted by Gasteiger charge is 2.39. The number of aromatic nitrogens is 1. The van der Waals surface area contributed by atoms with E-state index in [1.165, 1.54) is 105 Å². The summed E-state index contributed by atoms with van der Waals surface area (Å²) in [5.74, 6) is 0.186. The van der Waals surface area contributed by atoms with Crippen LogP contribution in [0.4, 0.5) is 0 Å². The normalized spacial score (nSPS) is 16.5. The van der Waals surface area contributed by atoms with Crippen LogP contribution >= 0.6 is 0 Å². The van der Waals surface area contributed by atoms with Gasteiger partial charge in [-0.05, 0) is 140 Å². The van der Waals surface area contributed by atoms with Crippen molar-refractivity contribution in [1.82, 2.24) is 4.57 Å². The molecule has 1 nitrogen and oxygen atoms in total. The van der Waals surface area contributed by atoms with Gasteiger partial charge < -0.3 is 4.57 Å². The Morgan fingerprint density at radius 2 is 1.17 bits per heavy atom. The van der Waals surface area contributed by atoms with E-state index in [1.807, 2.05) is 0 Å². The minimum absolute atomic E-state index is 0.186. The van der Waals surface area contributed by atoms with Gasteiger partial charge in [-0.15, -0.1) is 0 Å². The molecular formula is C62H49N. The fourth-order valence-corrected chi connectivity index (χ4v) is 10.6. The van der Waals surface area contributed by atoms with Gasteiger partial charge >= 0.3 is 0 Å². The summed E-state index contributed by atoms with van der Waals surface area (Å²) < 4.78 is 2.51. The number of nitrogens with zero attached hydrogens (tertiary/aromatic N) is 1. The Balaban J connectivity index is 1.25. The number of rotatable bonds is 6. The lowest BCUT2D eigenvalue weighted by molar-refractivity contribution is 0.686. The maximum Gasteiger partial charge on any atom is 0.0544 e. The van der Waals surface area contributed by atoms with Crippen molar-refractivity contribution in [2.24, 2.45) is 0 Å². The molecule has 0 fully saturated rings. The number of aryl methyl sites for hydroxylation is 1.